The number of aromatic nitrogens is 3. The van der Waals surface area contributed by atoms with Crippen LogP contribution in [0.25, 0.3) is 11.4 Å². The predicted octanol–water partition coefficient (Wildman–Crippen LogP) is 2.55. The van der Waals surface area contributed by atoms with Crippen LogP contribution in [0.2, 0.25) is 0 Å². The fourth-order valence-corrected chi connectivity index (χ4v) is 2.69. The fraction of sp³-hybridized carbons (Fsp3) is 0.429. The zero-order valence-electron chi connectivity index (χ0n) is 11.7. The lowest BCUT2D eigenvalue weighted by Gasteiger charge is -2.34. The van der Waals surface area contributed by atoms with Crippen LogP contribution in [0, 0.1) is 11.7 Å². The molecule has 112 valence electrons. The van der Waals surface area contributed by atoms with Crippen molar-refractivity contribution in [2.45, 2.75) is 19.4 Å². The number of halogens is 2. The van der Waals surface area contributed by atoms with Crippen molar-refractivity contribution in [2.75, 3.05) is 18.0 Å². The van der Waals surface area contributed by atoms with Crippen molar-refractivity contribution in [3.8, 4) is 11.4 Å². The van der Waals surface area contributed by atoms with Gasteiger partial charge in [-0.25, -0.2) is 4.39 Å². The summed E-state index contributed by atoms with van der Waals surface area (Å²) >= 11 is 3.14. The highest BCUT2D eigenvalue weighted by Crippen LogP contribution is 2.25. The number of nitrogens with two attached hydrogens (primary N) is 1. The molecule has 3 N–H and O–H groups in total. The van der Waals surface area contributed by atoms with E-state index in [9.17, 15) is 4.39 Å². The average molecular weight is 354 g/mol. The lowest BCUT2D eigenvalue weighted by atomic mass is 9.95. The van der Waals surface area contributed by atoms with Gasteiger partial charge in [0.25, 0.3) is 0 Å². The second-order valence-electron chi connectivity index (χ2n) is 5.49. The number of hydrogen-bond acceptors (Lipinski definition) is 4. The summed E-state index contributed by atoms with van der Waals surface area (Å²) in [4.78, 5) is 6.53. The van der Waals surface area contributed by atoms with Gasteiger partial charge in [-0.3, -0.25) is 5.10 Å². The van der Waals surface area contributed by atoms with Crippen LogP contribution in [-0.4, -0.2) is 34.3 Å². The molecule has 0 saturated carbocycles. The van der Waals surface area contributed by atoms with Crippen molar-refractivity contribution in [3.05, 3.63) is 28.5 Å². The first-order valence-electron chi connectivity index (χ1n) is 6.93. The Morgan fingerprint density at radius 1 is 1.48 bits per heavy atom. The summed E-state index contributed by atoms with van der Waals surface area (Å²) in [6.45, 7) is 3.80. The molecule has 1 saturated heterocycles. The molecule has 2 heterocycles. The van der Waals surface area contributed by atoms with Crippen LogP contribution in [0.15, 0.2) is 22.7 Å². The van der Waals surface area contributed by atoms with Gasteiger partial charge in [0, 0.05) is 24.7 Å². The molecule has 1 aromatic carbocycles. The number of benzene rings is 1. The van der Waals surface area contributed by atoms with E-state index in [-0.39, 0.29) is 11.9 Å². The summed E-state index contributed by atoms with van der Waals surface area (Å²) in [5.74, 6) is 1.37. The minimum absolute atomic E-state index is 0.130. The lowest BCUT2D eigenvalue weighted by molar-refractivity contribution is 0.376. The van der Waals surface area contributed by atoms with Crippen molar-refractivity contribution in [3.63, 3.8) is 0 Å². The highest BCUT2D eigenvalue weighted by Gasteiger charge is 2.25. The Morgan fingerprint density at radius 3 is 3.00 bits per heavy atom. The summed E-state index contributed by atoms with van der Waals surface area (Å²) in [6, 6.07) is 5.01. The highest BCUT2D eigenvalue weighted by atomic mass is 79.9. The number of nitrogens with one attached hydrogen (secondary N) is 1. The van der Waals surface area contributed by atoms with Gasteiger partial charge in [0.15, 0.2) is 5.82 Å². The van der Waals surface area contributed by atoms with Crippen molar-refractivity contribution < 1.29 is 4.39 Å². The van der Waals surface area contributed by atoms with Gasteiger partial charge in [0.2, 0.25) is 5.95 Å². The van der Waals surface area contributed by atoms with Crippen LogP contribution in [0.3, 0.4) is 0 Å². The average Bonchev–Trinajstić information content (AvgIpc) is 2.94. The summed E-state index contributed by atoms with van der Waals surface area (Å²) in [5.41, 5.74) is 6.77. The maximum atomic E-state index is 13.6. The van der Waals surface area contributed by atoms with E-state index in [1.807, 2.05) is 0 Å². The maximum Gasteiger partial charge on any atom is 0.245 e. The smallest absolute Gasteiger partial charge is 0.245 e. The number of aromatic amines is 1. The van der Waals surface area contributed by atoms with Crippen molar-refractivity contribution >= 4 is 21.9 Å². The van der Waals surface area contributed by atoms with E-state index >= 15 is 0 Å². The molecule has 0 radical (unpaired) electrons. The molecule has 0 spiro atoms. The Labute approximate surface area is 130 Å². The molecule has 2 atom stereocenters. The van der Waals surface area contributed by atoms with E-state index in [1.54, 1.807) is 12.1 Å². The quantitative estimate of drug-likeness (QED) is 0.870. The molecule has 1 aliphatic heterocycles. The van der Waals surface area contributed by atoms with Gasteiger partial charge >= 0.3 is 0 Å². The normalized spacial score (nSPS) is 22.6. The van der Waals surface area contributed by atoms with E-state index in [4.69, 9.17) is 5.73 Å². The van der Waals surface area contributed by atoms with Crippen LogP contribution >= 0.6 is 15.9 Å². The highest BCUT2D eigenvalue weighted by molar-refractivity contribution is 9.10. The SMILES string of the molecule is CC1CCN(c2n[nH]c(-c3ccc(Br)c(F)c3)n2)CC1N. The minimum Gasteiger partial charge on any atom is -0.338 e. The van der Waals surface area contributed by atoms with Gasteiger partial charge in [-0.1, -0.05) is 6.92 Å². The van der Waals surface area contributed by atoms with Crippen LogP contribution < -0.4 is 10.6 Å². The Hall–Kier alpha value is -1.47. The second kappa shape index (κ2) is 5.73. The molecule has 3 rings (SSSR count). The number of hydrogen-bond donors (Lipinski definition) is 2. The molecule has 7 heteroatoms. The molecule has 21 heavy (non-hydrogen) atoms. The zero-order valence-corrected chi connectivity index (χ0v) is 13.3. The standard InChI is InChI=1S/C14H17BrFN5/c1-8-4-5-21(7-12(8)17)14-18-13(19-20-14)9-2-3-10(15)11(16)6-9/h2-3,6,8,12H,4-5,7,17H2,1H3,(H,18,19,20). The van der Waals surface area contributed by atoms with Gasteiger partial charge < -0.3 is 10.6 Å². The van der Waals surface area contributed by atoms with Crippen molar-refractivity contribution in [1.82, 2.24) is 15.2 Å². The zero-order chi connectivity index (χ0) is 15.0. The fourth-order valence-electron chi connectivity index (χ4n) is 2.45. The Morgan fingerprint density at radius 2 is 2.29 bits per heavy atom. The van der Waals surface area contributed by atoms with Gasteiger partial charge in [0.1, 0.15) is 5.82 Å². The lowest BCUT2D eigenvalue weighted by Crippen LogP contribution is -2.48. The molecule has 2 aromatic rings. The predicted molar refractivity (Wildman–Crippen MR) is 83.4 cm³/mol. The monoisotopic (exact) mass is 353 g/mol. The van der Waals surface area contributed by atoms with Crippen LogP contribution in [0.4, 0.5) is 10.3 Å². The topological polar surface area (TPSA) is 70.8 Å². The first kappa shape index (κ1) is 14.5. The molecular weight excluding hydrogens is 337 g/mol. The van der Waals surface area contributed by atoms with Crippen molar-refractivity contribution in [2.24, 2.45) is 11.7 Å². The molecule has 5 nitrogen and oxygen atoms in total. The summed E-state index contributed by atoms with van der Waals surface area (Å²) < 4.78 is 14.0. The van der Waals surface area contributed by atoms with Gasteiger partial charge in [0.05, 0.1) is 4.47 Å². The Bertz CT molecular complexity index is 644. The van der Waals surface area contributed by atoms with Gasteiger partial charge in [-0.15, -0.1) is 5.10 Å². The molecule has 1 fully saturated rings. The van der Waals surface area contributed by atoms with Crippen molar-refractivity contribution in [1.29, 1.82) is 0 Å². The van der Waals surface area contributed by atoms with E-state index in [0.717, 1.165) is 19.5 Å². The molecule has 0 amide bonds. The van der Waals surface area contributed by atoms with Gasteiger partial charge in [-0.05, 0) is 46.5 Å². The van der Waals surface area contributed by atoms with Gasteiger partial charge in [-0.2, -0.15) is 4.98 Å². The first-order chi connectivity index (χ1) is 10.0. The van der Waals surface area contributed by atoms with E-state index in [0.29, 0.717) is 27.7 Å². The van der Waals surface area contributed by atoms with Crippen LogP contribution in [0.5, 0.6) is 0 Å². The largest absolute Gasteiger partial charge is 0.338 e. The minimum atomic E-state index is -0.320. The maximum absolute atomic E-state index is 13.6. The molecule has 1 aliphatic rings. The summed E-state index contributed by atoms with van der Waals surface area (Å²) in [5, 5.41) is 7.09. The van der Waals surface area contributed by atoms with E-state index < -0.39 is 0 Å². The first-order valence-corrected chi connectivity index (χ1v) is 7.72. The second-order valence-corrected chi connectivity index (χ2v) is 6.34. The Balaban J connectivity index is 1.81. The Kier molecular flexibility index (Phi) is 3.95. The van der Waals surface area contributed by atoms with Crippen LogP contribution in [-0.2, 0) is 0 Å². The third-order valence-electron chi connectivity index (χ3n) is 3.97. The number of H-pyrrole nitrogens is 1. The number of rotatable bonds is 2. The van der Waals surface area contributed by atoms with E-state index in [2.05, 4.69) is 42.9 Å². The molecule has 1 aromatic heterocycles. The third kappa shape index (κ3) is 2.94. The molecule has 0 aliphatic carbocycles. The summed E-state index contributed by atoms with van der Waals surface area (Å²) in [6.07, 6.45) is 1.03. The molecular formula is C14H17BrFN5. The number of anilines is 1. The molecule has 2 unspecified atom stereocenters. The third-order valence-corrected chi connectivity index (χ3v) is 4.61. The number of piperidine rings is 1. The molecule has 0 bridgehead atoms. The van der Waals surface area contributed by atoms with Crippen LogP contribution in [0.1, 0.15) is 13.3 Å². The number of nitrogens with zero attached hydrogens (tertiary/aromatic N) is 3. The summed E-state index contributed by atoms with van der Waals surface area (Å²) in [7, 11) is 0. The van der Waals surface area contributed by atoms with E-state index in [1.165, 1.54) is 6.07 Å².